The van der Waals surface area contributed by atoms with Gasteiger partial charge in [0, 0.05) is 17.9 Å². The molecule has 1 unspecified atom stereocenters. The van der Waals surface area contributed by atoms with Crippen LogP contribution in [-0.4, -0.2) is 11.5 Å². The van der Waals surface area contributed by atoms with Crippen molar-refractivity contribution in [3.63, 3.8) is 0 Å². The van der Waals surface area contributed by atoms with Gasteiger partial charge in [-0.15, -0.1) is 0 Å². The largest absolute Gasteiger partial charge is 0.310 e. The number of hydrogen-bond acceptors (Lipinski definition) is 2. The Balaban J connectivity index is 2.23. The Labute approximate surface area is 66.7 Å². The van der Waals surface area contributed by atoms with Crippen LogP contribution in [-0.2, 0) is 0 Å². The van der Waals surface area contributed by atoms with Crippen LogP contribution in [0.3, 0.4) is 0 Å². The summed E-state index contributed by atoms with van der Waals surface area (Å²) >= 11 is 0. The van der Waals surface area contributed by atoms with Crippen LogP contribution in [0.4, 0.5) is 0 Å². The first-order valence-electron chi connectivity index (χ1n) is 4.02. The molecule has 1 N–H and O–H groups in total. The van der Waals surface area contributed by atoms with Gasteiger partial charge in [0.1, 0.15) is 0 Å². The Bertz CT molecular complexity index is 253. The summed E-state index contributed by atoms with van der Waals surface area (Å²) in [6.45, 7) is 3.19. The van der Waals surface area contributed by atoms with E-state index >= 15 is 0 Å². The van der Waals surface area contributed by atoms with Crippen molar-refractivity contribution in [1.29, 1.82) is 0 Å². The van der Waals surface area contributed by atoms with Gasteiger partial charge in [0.05, 0.1) is 0 Å². The van der Waals surface area contributed by atoms with E-state index in [1.54, 1.807) is 0 Å². The molecule has 1 aromatic heterocycles. The van der Waals surface area contributed by atoms with Crippen molar-refractivity contribution < 1.29 is 0 Å². The maximum atomic E-state index is 4.15. The topological polar surface area (TPSA) is 24.9 Å². The predicted octanol–water partition coefficient (Wildman–Crippen LogP) is 1.42. The number of aryl methyl sites for hydroxylation is 1. The second kappa shape index (κ2) is 2.62. The highest BCUT2D eigenvalue weighted by molar-refractivity contribution is 5.21. The van der Waals surface area contributed by atoms with E-state index in [1.807, 2.05) is 13.1 Å². The summed E-state index contributed by atoms with van der Waals surface area (Å²) in [7, 11) is 0. The van der Waals surface area contributed by atoms with Gasteiger partial charge in [0.15, 0.2) is 0 Å². The van der Waals surface area contributed by atoms with Crippen molar-refractivity contribution >= 4 is 0 Å². The Morgan fingerprint density at radius 1 is 1.64 bits per heavy atom. The third kappa shape index (κ3) is 1.26. The summed E-state index contributed by atoms with van der Waals surface area (Å²) in [4.78, 5) is 4.15. The van der Waals surface area contributed by atoms with Gasteiger partial charge in [-0.3, -0.25) is 4.98 Å². The third-order valence-electron chi connectivity index (χ3n) is 2.15. The molecule has 1 fully saturated rings. The highest BCUT2D eigenvalue weighted by atomic mass is 15.0. The van der Waals surface area contributed by atoms with Gasteiger partial charge in [0.25, 0.3) is 0 Å². The molecule has 1 aliphatic heterocycles. The predicted molar refractivity (Wildman–Crippen MR) is 44.3 cm³/mol. The molecular weight excluding hydrogens is 136 g/mol. The zero-order chi connectivity index (χ0) is 7.68. The van der Waals surface area contributed by atoms with Crippen molar-refractivity contribution in [2.24, 2.45) is 0 Å². The summed E-state index contributed by atoms with van der Waals surface area (Å²) in [6.07, 6.45) is 3.15. The minimum Gasteiger partial charge on any atom is -0.310 e. The number of aromatic nitrogens is 1. The minimum absolute atomic E-state index is 0.594. The Morgan fingerprint density at radius 3 is 3.00 bits per heavy atom. The van der Waals surface area contributed by atoms with Gasteiger partial charge < -0.3 is 5.32 Å². The summed E-state index contributed by atoms with van der Waals surface area (Å²) in [5.41, 5.74) is 2.49. The van der Waals surface area contributed by atoms with Crippen LogP contribution in [0.25, 0.3) is 0 Å². The number of rotatable bonds is 1. The van der Waals surface area contributed by atoms with Crippen LogP contribution in [0.15, 0.2) is 18.3 Å². The van der Waals surface area contributed by atoms with Crippen LogP contribution >= 0.6 is 0 Å². The molecule has 0 saturated carbocycles. The summed E-state index contributed by atoms with van der Waals surface area (Å²) in [5, 5.41) is 3.36. The van der Waals surface area contributed by atoms with Gasteiger partial charge in [-0.05, 0) is 37.6 Å². The van der Waals surface area contributed by atoms with E-state index in [-0.39, 0.29) is 0 Å². The third-order valence-corrected chi connectivity index (χ3v) is 2.15. The Kier molecular flexibility index (Phi) is 1.62. The van der Waals surface area contributed by atoms with Crippen LogP contribution in [0.1, 0.15) is 23.7 Å². The lowest BCUT2D eigenvalue weighted by Crippen LogP contribution is -2.34. The standard InChI is InChI=1S/C9H12N2/c1-7-6-8(2-4-10-7)9-3-5-11-9/h2,4,6,9,11H,3,5H2,1H3. The fraction of sp³-hybridized carbons (Fsp3) is 0.444. The highest BCUT2D eigenvalue weighted by Gasteiger charge is 2.17. The lowest BCUT2D eigenvalue weighted by Gasteiger charge is -2.27. The number of pyridine rings is 1. The molecule has 1 atom stereocenters. The molecule has 1 aromatic rings. The molecule has 0 bridgehead atoms. The van der Waals surface area contributed by atoms with E-state index in [1.165, 1.54) is 12.0 Å². The smallest absolute Gasteiger partial charge is 0.0375 e. The molecule has 1 saturated heterocycles. The van der Waals surface area contributed by atoms with E-state index in [0.29, 0.717) is 6.04 Å². The lowest BCUT2D eigenvalue weighted by molar-refractivity contribution is 0.383. The lowest BCUT2D eigenvalue weighted by atomic mass is 9.99. The Morgan fingerprint density at radius 2 is 2.45 bits per heavy atom. The molecule has 2 nitrogen and oxygen atoms in total. The van der Waals surface area contributed by atoms with Crippen molar-refractivity contribution in [1.82, 2.24) is 10.3 Å². The van der Waals surface area contributed by atoms with Gasteiger partial charge in [0.2, 0.25) is 0 Å². The summed E-state index contributed by atoms with van der Waals surface area (Å²) < 4.78 is 0. The van der Waals surface area contributed by atoms with E-state index in [0.717, 1.165) is 12.2 Å². The van der Waals surface area contributed by atoms with Crippen molar-refractivity contribution in [3.8, 4) is 0 Å². The number of hydrogen-bond donors (Lipinski definition) is 1. The number of nitrogens with zero attached hydrogens (tertiary/aromatic N) is 1. The number of nitrogens with one attached hydrogen (secondary N) is 1. The molecule has 2 rings (SSSR count). The molecular formula is C9H12N2. The average molecular weight is 148 g/mol. The van der Waals surface area contributed by atoms with Crippen LogP contribution in [0.5, 0.6) is 0 Å². The van der Waals surface area contributed by atoms with Gasteiger partial charge >= 0.3 is 0 Å². The second-order valence-corrected chi connectivity index (χ2v) is 3.03. The van der Waals surface area contributed by atoms with E-state index in [2.05, 4.69) is 22.4 Å². The quantitative estimate of drug-likeness (QED) is 0.651. The SMILES string of the molecule is Cc1cc(C2CCN2)ccn1. The van der Waals surface area contributed by atoms with E-state index < -0.39 is 0 Å². The molecule has 11 heavy (non-hydrogen) atoms. The Hall–Kier alpha value is -0.890. The van der Waals surface area contributed by atoms with Crippen molar-refractivity contribution in [2.45, 2.75) is 19.4 Å². The zero-order valence-electron chi connectivity index (χ0n) is 6.67. The fourth-order valence-corrected chi connectivity index (χ4v) is 1.36. The van der Waals surface area contributed by atoms with E-state index in [4.69, 9.17) is 0 Å². The zero-order valence-corrected chi connectivity index (χ0v) is 6.67. The van der Waals surface area contributed by atoms with Crippen LogP contribution in [0.2, 0.25) is 0 Å². The van der Waals surface area contributed by atoms with Gasteiger partial charge in [-0.2, -0.15) is 0 Å². The normalized spacial score (nSPS) is 22.8. The van der Waals surface area contributed by atoms with Crippen LogP contribution in [0, 0.1) is 6.92 Å². The maximum Gasteiger partial charge on any atom is 0.0375 e. The molecule has 2 heteroatoms. The average Bonchev–Trinajstić information content (AvgIpc) is 1.83. The highest BCUT2D eigenvalue weighted by Crippen LogP contribution is 2.22. The molecule has 0 aromatic carbocycles. The summed E-state index contributed by atoms with van der Waals surface area (Å²) in [6, 6.07) is 4.83. The minimum atomic E-state index is 0.594. The van der Waals surface area contributed by atoms with Crippen LogP contribution < -0.4 is 5.32 Å². The maximum absolute atomic E-state index is 4.15. The van der Waals surface area contributed by atoms with E-state index in [9.17, 15) is 0 Å². The summed E-state index contributed by atoms with van der Waals surface area (Å²) in [5.74, 6) is 0. The second-order valence-electron chi connectivity index (χ2n) is 3.03. The first-order chi connectivity index (χ1) is 5.36. The molecule has 0 radical (unpaired) electrons. The molecule has 0 amide bonds. The van der Waals surface area contributed by atoms with Gasteiger partial charge in [-0.25, -0.2) is 0 Å². The molecule has 0 spiro atoms. The van der Waals surface area contributed by atoms with Crippen molar-refractivity contribution in [2.75, 3.05) is 6.54 Å². The molecule has 0 aliphatic carbocycles. The molecule has 58 valence electrons. The van der Waals surface area contributed by atoms with Crippen molar-refractivity contribution in [3.05, 3.63) is 29.6 Å². The van der Waals surface area contributed by atoms with Gasteiger partial charge in [-0.1, -0.05) is 0 Å². The molecule has 2 heterocycles. The fourth-order valence-electron chi connectivity index (χ4n) is 1.36. The monoisotopic (exact) mass is 148 g/mol. The first-order valence-corrected chi connectivity index (χ1v) is 4.02. The first kappa shape index (κ1) is 6.80. The molecule has 1 aliphatic rings.